The van der Waals surface area contributed by atoms with E-state index in [1.165, 1.54) is 55.7 Å². The third-order valence-corrected chi connectivity index (χ3v) is 4.17. The number of hydrogen-bond donors (Lipinski definition) is 1. The van der Waals surface area contributed by atoms with E-state index in [2.05, 4.69) is 34.3 Å². The van der Waals surface area contributed by atoms with Crippen molar-refractivity contribution in [2.45, 2.75) is 44.6 Å². The van der Waals surface area contributed by atoms with E-state index < -0.39 is 0 Å². The number of rotatable bonds is 4. The summed E-state index contributed by atoms with van der Waals surface area (Å²) in [6.45, 7) is 0.490. The molecule has 0 spiro atoms. The molecule has 1 fully saturated rings. The van der Waals surface area contributed by atoms with Crippen molar-refractivity contribution in [3.63, 3.8) is 0 Å². The molecule has 0 saturated heterocycles. The molecule has 0 radical (unpaired) electrons. The van der Waals surface area contributed by atoms with Crippen LogP contribution in [0.5, 0.6) is 0 Å². The van der Waals surface area contributed by atoms with Gasteiger partial charge in [0.1, 0.15) is 6.61 Å². The van der Waals surface area contributed by atoms with Crippen molar-refractivity contribution in [3.05, 3.63) is 35.5 Å². The Morgan fingerprint density at radius 3 is 2.84 bits per heavy atom. The molecule has 0 aliphatic heterocycles. The van der Waals surface area contributed by atoms with Crippen molar-refractivity contribution in [3.8, 4) is 0 Å². The molecule has 0 atom stereocenters. The Bertz CT molecular complexity index is 541. The summed E-state index contributed by atoms with van der Waals surface area (Å²) in [4.78, 5) is 13.0. The first-order valence-electron chi connectivity index (χ1n) is 7.14. The molecule has 1 saturated carbocycles. The SMILES string of the molecule is COOCc1ccc2c(C3CCCCC3)c[nH]c2c1. The molecule has 3 nitrogen and oxygen atoms in total. The summed E-state index contributed by atoms with van der Waals surface area (Å²) in [6, 6.07) is 6.49. The molecule has 19 heavy (non-hydrogen) atoms. The highest BCUT2D eigenvalue weighted by atomic mass is 17.2. The van der Waals surface area contributed by atoms with Gasteiger partial charge >= 0.3 is 0 Å². The second kappa shape index (κ2) is 5.76. The minimum absolute atomic E-state index is 0.490. The number of H-pyrrole nitrogens is 1. The predicted molar refractivity (Wildman–Crippen MR) is 75.9 cm³/mol. The van der Waals surface area contributed by atoms with Gasteiger partial charge in [0.25, 0.3) is 0 Å². The number of fused-ring (bicyclic) bond motifs is 1. The minimum atomic E-state index is 0.490. The van der Waals surface area contributed by atoms with Crippen molar-refractivity contribution in [2.75, 3.05) is 7.11 Å². The molecule has 0 amide bonds. The van der Waals surface area contributed by atoms with Gasteiger partial charge < -0.3 is 4.98 Å². The zero-order chi connectivity index (χ0) is 13.1. The molecule has 3 rings (SSSR count). The Morgan fingerprint density at radius 2 is 2.05 bits per heavy atom. The fraction of sp³-hybridized carbons (Fsp3) is 0.500. The van der Waals surface area contributed by atoms with Gasteiger partial charge in [0.05, 0.1) is 7.11 Å². The monoisotopic (exact) mass is 259 g/mol. The van der Waals surface area contributed by atoms with Gasteiger partial charge in [0, 0.05) is 17.1 Å². The van der Waals surface area contributed by atoms with Crippen LogP contribution >= 0.6 is 0 Å². The van der Waals surface area contributed by atoms with Crippen LogP contribution in [0, 0.1) is 0 Å². The third-order valence-electron chi connectivity index (χ3n) is 4.17. The average molecular weight is 259 g/mol. The first-order valence-corrected chi connectivity index (χ1v) is 7.14. The Kier molecular flexibility index (Phi) is 3.85. The lowest BCUT2D eigenvalue weighted by molar-refractivity contribution is -0.282. The second-order valence-electron chi connectivity index (χ2n) is 5.39. The van der Waals surface area contributed by atoms with Gasteiger partial charge in [-0.25, -0.2) is 9.78 Å². The van der Waals surface area contributed by atoms with Crippen LogP contribution in [0.1, 0.15) is 49.1 Å². The first kappa shape index (κ1) is 12.7. The van der Waals surface area contributed by atoms with E-state index in [1.54, 1.807) is 0 Å². The van der Waals surface area contributed by atoms with Crippen LogP contribution in [0.3, 0.4) is 0 Å². The molecule has 0 unspecified atom stereocenters. The van der Waals surface area contributed by atoms with Crippen molar-refractivity contribution < 1.29 is 9.78 Å². The maximum Gasteiger partial charge on any atom is 0.107 e. The normalized spacial score (nSPS) is 17.1. The number of nitrogens with one attached hydrogen (secondary N) is 1. The molecular formula is C16H21NO2. The highest BCUT2D eigenvalue weighted by Crippen LogP contribution is 2.36. The number of hydrogen-bond acceptors (Lipinski definition) is 2. The maximum atomic E-state index is 4.98. The van der Waals surface area contributed by atoms with Gasteiger partial charge in [-0.3, -0.25) is 0 Å². The van der Waals surface area contributed by atoms with Crippen LogP contribution < -0.4 is 0 Å². The van der Waals surface area contributed by atoms with E-state index in [9.17, 15) is 0 Å². The molecule has 102 valence electrons. The van der Waals surface area contributed by atoms with E-state index in [0.717, 1.165) is 11.5 Å². The standard InChI is InChI=1S/C16H21NO2/c1-18-19-11-12-7-8-14-15(10-17-16(14)9-12)13-5-3-2-4-6-13/h7-10,13,17H,2-6,11H2,1H3. The number of aromatic amines is 1. The molecule has 1 aliphatic carbocycles. The lowest BCUT2D eigenvalue weighted by atomic mass is 9.84. The van der Waals surface area contributed by atoms with E-state index in [4.69, 9.17) is 4.89 Å². The number of aromatic nitrogens is 1. The van der Waals surface area contributed by atoms with Gasteiger partial charge in [0.15, 0.2) is 0 Å². The van der Waals surface area contributed by atoms with Gasteiger partial charge in [-0.15, -0.1) is 0 Å². The molecule has 1 aliphatic rings. The molecule has 1 aromatic heterocycles. The van der Waals surface area contributed by atoms with Crippen molar-refractivity contribution in [2.24, 2.45) is 0 Å². The molecule has 1 aromatic carbocycles. The van der Waals surface area contributed by atoms with Gasteiger partial charge in [-0.05, 0) is 36.0 Å². The fourth-order valence-corrected chi connectivity index (χ4v) is 3.16. The zero-order valence-corrected chi connectivity index (χ0v) is 11.4. The minimum Gasteiger partial charge on any atom is -0.361 e. The highest BCUT2D eigenvalue weighted by Gasteiger charge is 2.18. The van der Waals surface area contributed by atoms with E-state index in [1.807, 2.05) is 0 Å². The molecular weight excluding hydrogens is 238 g/mol. The Hall–Kier alpha value is -1.32. The zero-order valence-electron chi connectivity index (χ0n) is 11.4. The summed E-state index contributed by atoms with van der Waals surface area (Å²) in [6.07, 6.45) is 9.01. The molecule has 2 aromatic rings. The van der Waals surface area contributed by atoms with Crippen LogP contribution in [-0.2, 0) is 16.4 Å². The summed E-state index contributed by atoms with van der Waals surface area (Å²) < 4.78 is 0. The predicted octanol–water partition coefficient (Wildman–Crippen LogP) is 4.29. The van der Waals surface area contributed by atoms with Crippen molar-refractivity contribution in [1.29, 1.82) is 0 Å². The molecule has 1 N–H and O–H groups in total. The topological polar surface area (TPSA) is 34.2 Å². The summed E-state index contributed by atoms with van der Waals surface area (Å²) >= 11 is 0. The van der Waals surface area contributed by atoms with E-state index >= 15 is 0 Å². The quantitative estimate of drug-likeness (QED) is 0.656. The second-order valence-corrected chi connectivity index (χ2v) is 5.39. The van der Waals surface area contributed by atoms with Crippen molar-refractivity contribution in [1.82, 2.24) is 4.98 Å². The highest BCUT2D eigenvalue weighted by molar-refractivity contribution is 5.84. The van der Waals surface area contributed by atoms with Gasteiger partial charge in [-0.2, -0.15) is 0 Å². The van der Waals surface area contributed by atoms with Crippen LogP contribution in [0.15, 0.2) is 24.4 Å². The average Bonchev–Trinajstić information content (AvgIpc) is 2.89. The van der Waals surface area contributed by atoms with Gasteiger partial charge in [0.2, 0.25) is 0 Å². The molecule has 3 heteroatoms. The van der Waals surface area contributed by atoms with E-state index in [0.29, 0.717) is 6.61 Å². The molecule has 1 heterocycles. The Balaban J connectivity index is 1.86. The van der Waals surface area contributed by atoms with Crippen LogP contribution in [0.2, 0.25) is 0 Å². The summed E-state index contributed by atoms with van der Waals surface area (Å²) in [5.41, 5.74) is 3.83. The van der Waals surface area contributed by atoms with Crippen LogP contribution in [-0.4, -0.2) is 12.1 Å². The lowest BCUT2D eigenvalue weighted by Gasteiger charge is -2.21. The summed E-state index contributed by atoms with van der Waals surface area (Å²) in [5, 5.41) is 1.37. The molecule has 0 bridgehead atoms. The first-order chi connectivity index (χ1) is 9.38. The van der Waals surface area contributed by atoms with Crippen LogP contribution in [0.25, 0.3) is 10.9 Å². The summed E-state index contributed by atoms with van der Waals surface area (Å²) in [5.74, 6) is 0.739. The number of benzene rings is 1. The largest absolute Gasteiger partial charge is 0.361 e. The smallest absolute Gasteiger partial charge is 0.107 e. The maximum absolute atomic E-state index is 4.98. The van der Waals surface area contributed by atoms with E-state index in [-0.39, 0.29) is 0 Å². The lowest BCUT2D eigenvalue weighted by Crippen LogP contribution is -2.03. The van der Waals surface area contributed by atoms with Crippen molar-refractivity contribution >= 4 is 10.9 Å². The summed E-state index contributed by atoms with van der Waals surface area (Å²) in [7, 11) is 1.54. The third kappa shape index (κ3) is 2.67. The Labute approximate surface area is 113 Å². The fourth-order valence-electron chi connectivity index (χ4n) is 3.16. The van der Waals surface area contributed by atoms with Crippen LogP contribution in [0.4, 0.5) is 0 Å². The van der Waals surface area contributed by atoms with Gasteiger partial charge in [-0.1, -0.05) is 31.4 Å². The Morgan fingerprint density at radius 1 is 1.21 bits per heavy atom.